The molecule has 1 aliphatic heterocycles. The van der Waals surface area contributed by atoms with Crippen LogP contribution in [0.2, 0.25) is 0 Å². The number of rotatable bonds is 9. The van der Waals surface area contributed by atoms with Crippen molar-refractivity contribution in [3.8, 4) is 5.69 Å². The molecule has 1 aliphatic carbocycles. The van der Waals surface area contributed by atoms with E-state index in [2.05, 4.69) is 46.5 Å². The number of nitrogens with zero attached hydrogens (tertiary/aromatic N) is 3. The molecule has 0 bridgehead atoms. The minimum Gasteiger partial charge on any atom is -0.358 e. The molecule has 7 nitrogen and oxygen atoms in total. The minimum atomic E-state index is -0.227. The highest BCUT2D eigenvalue weighted by Gasteiger charge is 2.26. The lowest BCUT2D eigenvalue weighted by Gasteiger charge is -2.35. The van der Waals surface area contributed by atoms with Gasteiger partial charge in [-0.15, -0.1) is 0 Å². The third kappa shape index (κ3) is 6.16. The van der Waals surface area contributed by atoms with Crippen LogP contribution in [0.5, 0.6) is 0 Å². The number of carbonyl (C=O) groups excluding carboxylic acids is 1. The molecule has 5 rings (SSSR count). The summed E-state index contributed by atoms with van der Waals surface area (Å²) < 4.78 is 1.59. The number of benzene rings is 2. The van der Waals surface area contributed by atoms with E-state index >= 15 is 0 Å². The minimum absolute atomic E-state index is 0.0663. The third-order valence-corrected chi connectivity index (χ3v) is 7.93. The van der Waals surface area contributed by atoms with Crippen molar-refractivity contribution >= 4 is 11.7 Å². The quantitative estimate of drug-likeness (QED) is 0.423. The molecule has 0 spiro atoms. The van der Waals surface area contributed by atoms with Gasteiger partial charge in [0.05, 0.1) is 11.7 Å². The largest absolute Gasteiger partial charge is 0.358 e. The molecule has 2 heterocycles. The predicted octanol–water partition coefficient (Wildman–Crippen LogP) is 4.95. The molecule has 2 N–H and O–H groups in total. The number of carbonyl (C=O) groups is 1. The molecular weight excluding hydrogens is 474 g/mol. The van der Waals surface area contributed by atoms with Gasteiger partial charge in [0, 0.05) is 30.5 Å². The summed E-state index contributed by atoms with van der Waals surface area (Å²) in [5.74, 6) is 1.27. The smallest absolute Gasteiger partial charge is 0.297 e. The zero-order valence-electron chi connectivity index (χ0n) is 22.7. The van der Waals surface area contributed by atoms with Crippen molar-refractivity contribution in [1.82, 2.24) is 19.8 Å². The fourth-order valence-electron chi connectivity index (χ4n) is 5.33. The summed E-state index contributed by atoms with van der Waals surface area (Å²) in [5.41, 5.74) is 3.07. The van der Waals surface area contributed by atoms with Gasteiger partial charge in [-0.05, 0) is 80.8 Å². The first-order chi connectivity index (χ1) is 18.4. The zero-order chi connectivity index (χ0) is 26.6. The van der Waals surface area contributed by atoms with Gasteiger partial charge >= 0.3 is 0 Å². The Kier molecular flexibility index (Phi) is 7.93. The van der Waals surface area contributed by atoms with E-state index in [0.29, 0.717) is 17.1 Å². The number of anilines is 1. The normalized spacial score (nSPS) is 18.1. The Morgan fingerprint density at radius 3 is 2.53 bits per heavy atom. The molecule has 3 aromatic rings. The number of hydrogen-bond acceptors (Lipinski definition) is 5. The molecule has 0 unspecified atom stereocenters. The summed E-state index contributed by atoms with van der Waals surface area (Å²) in [6, 6.07) is 16.0. The van der Waals surface area contributed by atoms with E-state index in [-0.39, 0.29) is 29.5 Å². The Balaban J connectivity index is 1.42. The summed E-state index contributed by atoms with van der Waals surface area (Å²) >= 11 is 0. The summed E-state index contributed by atoms with van der Waals surface area (Å²) in [7, 11) is 0. The summed E-state index contributed by atoms with van der Waals surface area (Å²) in [6.45, 7) is 9.72. The highest BCUT2D eigenvalue weighted by Crippen LogP contribution is 2.28. The van der Waals surface area contributed by atoms with Crippen LogP contribution < -0.4 is 16.2 Å². The molecule has 7 heteroatoms. The number of aryl methyl sites for hydroxylation is 1. The van der Waals surface area contributed by atoms with E-state index < -0.39 is 0 Å². The second-order valence-corrected chi connectivity index (χ2v) is 11.2. The molecule has 200 valence electrons. The van der Waals surface area contributed by atoms with Gasteiger partial charge in [-0.3, -0.25) is 14.2 Å². The second kappa shape index (κ2) is 11.5. The van der Waals surface area contributed by atoms with Crippen molar-refractivity contribution in [1.29, 1.82) is 0 Å². The van der Waals surface area contributed by atoms with Crippen LogP contribution >= 0.6 is 0 Å². The lowest BCUT2D eigenvalue weighted by molar-refractivity contribution is 0.0951. The van der Waals surface area contributed by atoms with E-state index in [4.69, 9.17) is 0 Å². The molecule has 38 heavy (non-hydrogen) atoms. The van der Waals surface area contributed by atoms with Crippen molar-refractivity contribution in [3.63, 3.8) is 0 Å². The lowest BCUT2D eigenvalue weighted by Crippen LogP contribution is -2.39. The number of piperidine rings is 1. The first kappa shape index (κ1) is 26.2. The van der Waals surface area contributed by atoms with Crippen LogP contribution in [-0.4, -0.2) is 46.0 Å². The predicted molar refractivity (Wildman–Crippen MR) is 152 cm³/mol. The number of amides is 1. The maximum absolute atomic E-state index is 13.7. The van der Waals surface area contributed by atoms with Gasteiger partial charge in [-0.2, -0.15) is 0 Å². The molecule has 1 saturated carbocycles. The van der Waals surface area contributed by atoms with Gasteiger partial charge in [-0.1, -0.05) is 50.2 Å². The SMILES string of the molecule is Cc1ccc(C(=O)NC2CC2)cc1-n1ccnc(N[C@@H](c2ccccc2)[C@@H](C)CN2CCC(C)CC2)c1=O. The zero-order valence-corrected chi connectivity index (χ0v) is 22.7. The maximum atomic E-state index is 13.7. The summed E-state index contributed by atoms with van der Waals surface area (Å²) in [5, 5.41) is 6.54. The van der Waals surface area contributed by atoms with E-state index in [1.165, 1.54) is 12.8 Å². The van der Waals surface area contributed by atoms with E-state index in [1.54, 1.807) is 23.0 Å². The van der Waals surface area contributed by atoms with Crippen LogP contribution in [0.25, 0.3) is 5.69 Å². The summed E-state index contributed by atoms with van der Waals surface area (Å²) in [6.07, 6.45) is 7.85. The fourth-order valence-corrected chi connectivity index (χ4v) is 5.33. The van der Waals surface area contributed by atoms with Crippen molar-refractivity contribution in [2.45, 2.75) is 58.5 Å². The highest BCUT2D eigenvalue weighted by atomic mass is 16.2. The topological polar surface area (TPSA) is 79.3 Å². The van der Waals surface area contributed by atoms with Crippen LogP contribution in [-0.2, 0) is 0 Å². The molecule has 2 aromatic carbocycles. The van der Waals surface area contributed by atoms with Gasteiger partial charge < -0.3 is 15.5 Å². The van der Waals surface area contributed by atoms with Gasteiger partial charge in [-0.25, -0.2) is 4.98 Å². The third-order valence-electron chi connectivity index (χ3n) is 7.93. The van der Waals surface area contributed by atoms with E-state index in [0.717, 1.165) is 49.5 Å². The monoisotopic (exact) mass is 513 g/mol. The van der Waals surface area contributed by atoms with Gasteiger partial charge in [0.15, 0.2) is 5.82 Å². The first-order valence-corrected chi connectivity index (χ1v) is 13.9. The van der Waals surface area contributed by atoms with Crippen molar-refractivity contribution < 1.29 is 4.79 Å². The average Bonchev–Trinajstić information content (AvgIpc) is 3.74. The molecule has 2 atom stereocenters. The standard InChI is InChI=1S/C31H39N5O2/c1-21-13-16-35(17-14-21)20-23(3)28(24-7-5-4-6-8-24)34-29-31(38)36(18-15-32-29)27-19-25(10-9-22(27)2)30(37)33-26-11-12-26/h4-10,15,18-19,21,23,26,28H,11-14,16-17,20H2,1-3H3,(H,32,34)(H,33,37)/t23-,28+/m0/s1. The van der Waals surface area contributed by atoms with Gasteiger partial charge in [0.1, 0.15) is 0 Å². The van der Waals surface area contributed by atoms with Gasteiger partial charge in [0.2, 0.25) is 0 Å². The average molecular weight is 514 g/mol. The maximum Gasteiger partial charge on any atom is 0.297 e. The first-order valence-electron chi connectivity index (χ1n) is 13.9. The Labute approximate surface area is 225 Å². The number of likely N-dealkylation sites (tertiary alicyclic amines) is 1. The molecule has 1 saturated heterocycles. The van der Waals surface area contributed by atoms with Crippen LogP contribution in [0.4, 0.5) is 5.82 Å². The van der Waals surface area contributed by atoms with Crippen LogP contribution in [0, 0.1) is 18.8 Å². The number of aromatic nitrogens is 2. The second-order valence-electron chi connectivity index (χ2n) is 11.2. The molecule has 0 radical (unpaired) electrons. The van der Waals surface area contributed by atoms with E-state index in [1.807, 2.05) is 37.3 Å². The Morgan fingerprint density at radius 1 is 1.08 bits per heavy atom. The summed E-state index contributed by atoms with van der Waals surface area (Å²) in [4.78, 5) is 33.4. The van der Waals surface area contributed by atoms with Gasteiger partial charge in [0.25, 0.3) is 11.5 Å². The van der Waals surface area contributed by atoms with E-state index in [9.17, 15) is 9.59 Å². The molecular formula is C31H39N5O2. The number of hydrogen-bond donors (Lipinski definition) is 2. The fraction of sp³-hybridized carbons (Fsp3) is 0.452. The Hall–Kier alpha value is -3.45. The van der Waals surface area contributed by atoms with Crippen LogP contribution in [0.3, 0.4) is 0 Å². The van der Waals surface area contributed by atoms with Crippen molar-refractivity contribution in [2.75, 3.05) is 25.0 Å². The van der Waals surface area contributed by atoms with Crippen molar-refractivity contribution in [2.24, 2.45) is 11.8 Å². The molecule has 2 aliphatic rings. The molecule has 1 amide bonds. The lowest BCUT2D eigenvalue weighted by atomic mass is 9.92. The molecule has 2 fully saturated rings. The Bertz CT molecular complexity index is 1310. The van der Waals surface area contributed by atoms with Crippen molar-refractivity contribution in [3.05, 3.63) is 88.0 Å². The van der Waals surface area contributed by atoms with Crippen LogP contribution in [0.15, 0.2) is 65.7 Å². The van der Waals surface area contributed by atoms with Crippen LogP contribution in [0.1, 0.15) is 67.1 Å². The Morgan fingerprint density at radius 2 is 1.82 bits per heavy atom. The number of nitrogens with one attached hydrogen (secondary N) is 2. The molecule has 1 aromatic heterocycles. The highest BCUT2D eigenvalue weighted by molar-refractivity contribution is 5.95.